The van der Waals surface area contributed by atoms with Gasteiger partial charge >= 0.3 is 60.0 Å². The van der Waals surface area contributed by atoms with Crippen molar-refractivity contribution < 1.29 is 0 Å². The molecule has 1 fully saturated rings. The van der Waals surface area contributed by atoms with Crippen molar-refractivity contribution in [1.29, 1.82) is 0 Å². The molecule has 0 nitrogen and oxygen atoms in total. The van der Waals surface area contributed by atoms with Gasteiger partial charge in [0.1, 0.15) is 17.4 Å². The second-order valence-electron chi connectivity index (χ2n) is 2.42. The van der Waals surface area contributed by atoms with Crippen LogP contribution in [0, 0.1) is 0 Å². The topological polar surface area (TPSA) is 0 Å². The first-order chi connectivity index (χ1) is 3.71. The second-order valence-corrected chi connectivity index (χ2v) is 10.0. The molecule has 1 aliphatic heterocycles. The minimum Gasteiger partial charge on any atom is 0.146 e. The Kier molecular flexibility index (Phi) is 5.19. The zero-order valence-corrected chi connectivity index (χ0v) is 10.3. The molecule has 1 heterocycles. The molecule has 0 aliphatic carbocycles. The number of hydrogen-bond donors (Lipinski definition) is 0. The van der Waals surface area contributed by atoms with E-state index in [9.17, 15) is 0 Å². The van der Waals surface area contributed by atoms with E-state index in [0.29, 0.717) is 0 Å². The van der Waals surface area contributed by atoms with Crippen LogP contribution in [0.1, 0.15) is 19.3 Å². The molecule has 0 saturated carbocycles. The first-order valence-electron chi connectivity index (χ1n) is 3.09. The van der Waals surface area contributed by atoms with Crippen LogP contribution in [-0.4, -0.2) is 29.7 Å². The van der Waals surface area contributed by atoms with Gasteiger partial charge < -0.3 is 0 Å². The van der Waals surface area contributed by atoms with Crippen LogP contribution in [-0.2, 0) is 0 Å². The van der Waals surface area contributed by atoms with E-state index in [2.05, 4.69) is 0 Å². The molecule has 1 radical (unpaired) electrons. The normalized spacial score (nSPS) is 28.2. The van der Waals surface area contributed by atoms with Crippen LogP contribution in [0.3, 0.4) is 0 Å². The van der Waals surface area contributed by atoms with Crippen LogP contribution in [0.2, 0.25) is 0 Å². The Morgan fingerprint density at radius 1 is 0.889 bits per heavy atom. The third kappa shape index (κ3) is 4.07. The standard InChI is InChI=1S/C5H11Cl2P.Al.2H/c6-8(7)4-2-1-3-5-8;;;/h8H,1-5H2;;;. The maximum absolute atomic E-state index is 5.98. The van der Waals surface area contributed by atoms with Crippen LogP contribution in [0.15, 0.2) is 0 Å². The summed E-state index contributed by atoms with van der Waals surface area (Å²) in [6, 6.07) is 0. The third-order valence-electron chi connectivity index (χ3n) is 1.59. The van der Waals surface area contributed by atoms with Crippen molar-refractivity contribution in [3.8, 4) is 0 Å². The fourth-order valence-electron chi connectivity index (χ4n) is 1.07. The van der Waals surface area contributed by atoms with E-state index < -0.39 is 5.97 Å². The Labute approximate surface area is 77.3 Å². The molecule has 0 atom stereocenters. The zero-order chi connectivity index (χ0) is 6.04. The Hall–Kier alpha value is 1.54. The summed E-state index contributed by atoms with van der Waals surface area (Å²) in [6.45, 7) is 0. The van der Waals surface area contributed by atoms with Gasteiger partial charge in [-0.25, -0.2) is 0 Å². The molecule has 0 spiro atoms. The van der Waals surface area contributed by atoms with Crippen molar-refractivity contribution in [2.24, 2.45) is 0 Å². The Bertz CT molecular complexity index is 79.0. The van der Waals surface area contributed by atoms with Gasteiger partial charge in [0.2, 0.25) is 0 Å². The molecule has 0 aromatic heterocycles. The molecule has 0 bridgehead atoms. The first-order valence-corrected chi connectivity index (χ1v) is 7.52. The minimum atomic E-state index is -1.65. The van der Waals surface area contributed by atoms with Crippen molar-refractivity contribution in [2.45, 2.75) is 19.3 Å². The Morgan fingerprint density at radius 2 is 1.33 bits per heavy atom. The van der Waals surface area contributed by atoms with Crippen LogP contribution in [0.25, 0.3) is 0 Å². The van der Waals surface area contributed by atoms with Crippen LogP contribution in [0.5, 0.6) is 0 Å². The van der Waals surface area contributed by atoms with Crippen molar-refractivity contribution in [1.82, 2.24) is 0 Å². The van der Waals surface area contributed by atoms with Crippen molar-refractivity contribution in [3.63, 3.8) is 0 Å². The SMILES string of the molecule is Cl[PH]1(Cl)CCCCC1.[AlH2]. The van der Waals surface area contributed by atoms with Gasteiger partial charge in [0.15, 0.2) is 0 Å². The van der Waals surface area contributed by atoms with Crippen molar-refractivity contribution in [2.75, 3.05) is 12.3 Å². The maximum Gasteiger partial charge on any atom is 0.146 e. The molecular formula is C5H13AlCl2P. The van der Waals surface area contributed by atoms with Gasteiger partial charge in [-0.1, -0.05) is 0 Å². The molecule has 1 rings (SSSR count). The average Bonchev–Trinajstić information content (AvgIpc) is 1.65. The Balaban J connectivity index is 0.000000640. The summed E-state index contributed by atoms with van der Waals surface area (Å²) in [5.41, 5.74) is 0. The molecule has 0 amide bonds. The van der Waals surface area contributed by atoms with Gasteiger partial charge in [0, 0.05) is 0 Å². The summed E-state index contributed by atoms with van der Waals surface area (Å²) < 4.78 is 0. The fourth-order valence-corrected chi connectivity index (χ4v) is 4.46. The third-order valence-corrected chi connectivity index (χ3v) is 6.02. The van der Waals surface area contributed by atoms with E-state index in [1.165, 1.54) is 19.3 Å². The number of halogens is 2. The summed E-state index contributed by atoms with van der Waals surface area (Å²) in [5, 5.41) is 0. The number of hydrogen-bond acceptors (Lipinski definition) is 0. The van der Waals surface area contributed by atoms with E-state index in [1.54, 1.807) is 0 Å². The van der Waals surface area contributed by atoms with Gasteiger partial charge in [0.25, 0.3) is 0 Å². The second kappa shape index (κ2) is 4.43. The summed E-state index contributed by atoms with van der Waals surface area (Å²) in [7, 11) is 0. The summed E-state index contributed by atoms with van der Waals surface area (Å²) >= 11 is 12.0. The molecule has 1 aliphatic rings. The molecule has 55 valence electrons. The number of rotatable bonds is 0. The molecule has 9 heavy (non-hydrogen) atoms. The van der Waals surface area contributed by atoms with E-state index in [4.69, 9.17) is 22.5 Å². The fraction of sp³-hybridized carbons (Fsp3) is 1.00. The molecular weight excluding hydrogens is 189 g/mol. The van der Waals surface area contributed by atoms with Gasteiger partial charge in [0.05, 0.1) is 0 Å². The predicted octanol–water partition coefficient (Wildman–Crippen LogP) is 2.31. The van der Waals surface area contributed by atoms with E-state index >= 15 is 0 Å². The summed E-state index contributed by atoms with van der Waals surface area (Å²) in [5.74, 6) is -1.65. The molecule has 0 aromatic rings. The predicted molar refractivity (Wildman–Crippen MR) is 52.2 cm³/mol. The molecule has 0 unspecified atom stereocenters. The Morgan fingerprint density at radius 3 is 1.56 bits per heavy atom. The van der Waals surface area contributed by atoms with Crippen LogP contribution < -0.4 is 0 Å². The first kappa shape index (κ1) is 10.5. The van der Waals surface area contributed by atoms with Gasteiger partial charge in [-0.15, -0.1) is 0 Å². The van der Waals surface area contributed by atoms with Gasteiger partial charge in [-0.05, 0) is 0 Å². The molecule has 0 aromatic carbocycles. The largest absolute Gasteiger partial charge is 0.146 e. The smallest absolute Gasteiger partial charge is 0.146 e. The molecule has 0 N–H and O–H groups in total. The van der Waals surface area contributed by atoms with Gasteiger partial charge in [-0.3, -0.25) is 0 Å². The summed E-state index contributed by atoms with van der Waals surface area (Å²) in [4.78, 5) is 0. The van der Waals surface area contributed by atoms with Crippen LogP contribution in [0.4, 0.5) is 0 Å². The van der Waals surface area contributed by atoms with E-state index in [1.807, 2.05) is 0 Å². The summed E-state index contributed by atoms with van der Waals surface area (Å²) in [6.07, 6.45) is 6.11. The minimum absolute atomic E-state index is 0. The zero-order valence-electron chi connectivity index (χ0n) is 5.79. The maximum atomic E-state index is 5.98. The monoisotopic (exact) mass is 201 g/mol. The van der Waals surface area contributed by atoms with Crippen molar-refractivity contribution >= 4 is 45.8 Å². The molecule has 4 heteroatoms. The van der Waals surface area contributed by atoms with E-state index in [0.717, 1.165) is 12.3 Å². The quantitative estimate of drug-likeness (QED) is 0.417. The average molecular weight is 202 g/mol. The van der Waals surface area contributed by atoms with Crippen molar-refractivity contribution in [3.05, 3.63) is 0 Å². The van der Waals surface area contributed by atoms with Gasteiger partial charge in [-0.2, -0.15) is 0 Å². The molecule has 1 saturated heterocycles. The van der Waals surface area contributed by atoms with Crippen LogP contribution >= 0.6 is 28.4 Å². The van der Waals surface area contributed by atoms with E-state index in [-0.39, 0.29) is 17.4 Å².